The van der Waals surface area contributed by atoms with E-state index in [-0.39, 0.29) is 5.54 Å². The predicted octanol–water partition coefficient (Wildman–Crippen LogP) is 1.73. The summed E-state index contributed by atoms with van der Waals surface area (Å²) in [5, 5.41) is 2.14. The molecule has 1 aromatic rings. The normalized spacial score (nSPS) is 26.6. The van der Waals surface area contributed by atoms with Gasteiger partial charge in [0.15, 0.2) is 0 Å². The van der Waals surface area contributed by atoms with Gasteiger partial charge in [0.05, 0.1) is 12.1 Å². The van der Waals surface area contributed by atoms with E-state index in [1.54, 1.807) is 0 Å². The van der Waals surface area contributed by atoms with Gasteiger partial charge in [-0.3, -0.25) is 4.90 Å². The highest BCUT2D eigenvalue weighted by atomic mass is 32.1. The summed E-state index contributed by atoms with van der Waals surface area (Å²) in [6.07, 6.45) is 2.14. The average molecular weight is 254 g/mol. The molecule has 2 heterocycles. The number of likely N-dealkylation sites (N-methyl/N-ethyl adjacent to an activating group) is 1. The topological polar surface area (TPSA) is 38.5 Å². The molecule has 0 aliphatic carbocycles. The molecule has 0 bridgehead atoms. The standard InChI is InChI=1S/C13H22N2OS/c1-11(8-12-4-3-7-17-12)15(2)13(9-14)5-6-16-10-13/h3-4,7,11H,5-6,8-10,14H2,1-2H3. The molecule has 1 aliphatic rings. The quantitative estimate of drug-likeness (QED) is 0.869. The lowest BCUT2D eigenvalue weighted by molar-refractivity contribution is 0.0653. The smallest absolute Gasteiger partial charge is 0.0663 e. The SMILES string of the molecule is CC(Cc1cccs1)N(C)C1(CN)CCOC1. The van der Waals surface area contributed by atoms with Crippen molar-refractivity contribution in [3.63, 3.8) is 0 Å². The molecule has 1 aromatic heterocycles. The van der Waals surface area contributed by atoms with Crippen molar-refractivity contribution in [2.45, 2.75) is 31.3 Å². The van der Waals surface area contributed by atoms with E-state index in [1.165, 1.54) is 4.88 Å². The summed E-state index contributed by atoms with van der Waals surface area (Å²) >= 11 is 1.83. The van der Waals surface area contributed by atoms with Crippen molar-refractivity contribution in [3.8, 4) is 0 Å². The van der Waals surface area contributed by atoms with Crippen molar-refractivity contribution in [3.05, 3.63) is 22.4 Å². The molecule has 2 atom stereocenters. The van der Waals surface area contributed by atoms with Crippen LogP contribution in [0.2, 0.25) is 0 Å². The van der Waals surface area contributed by atoms with Gasteiger partial charge >= 0.3 is 0 Å². The van der Waals surface area contributed by atoms with Gasteiger partial charge in [-0.25, -0.2) is 0 Å². The maximum atomic E-state index is 5.96. The van der Waals surface area contributed by atoms with E-state index in [1.807, 2.05) is 11.3 Å². The Balaban J connectivity index is 2.00. The third-order valence-electron chi connectivity index (χ3n) is 3.95. The summed E-state index contributed by atoms with van der Waals surface area (Å²) in [4.78, 5) is 3.86. The molecule has 96 valence electrons. The molecule has 2 rings (SSSR count). The first kappa shape index (κ1) is 13.0. The second-order valence-corrected chi connectivity index (χ2v) is 6.01. The first-order valence-electron chi connectivity index (χ1n) is 6.21. The minimum absolute atomic E-state index is 0.0523. The number of hydrogen-bond donors (Lipinski definition) is 1. The van der Waals surface area contributed by atoms with E-state index in [9.17, 15) is 0 Å². The Kier molecular flexibility index (Phi) is 4.20. The van der Waals surface area contributed by atoms with Crippen LogP contribution in [0.1, 0.15) is 18.2 Å². The Morgan fingerprint density at radius 2 is 2.47 bits per heavy atom. The fourth-order valence-electron chi connectivity index (χ4n) is 2.50. The molecule has 1 aliphatic heterocycles. The molecule has 0 saturated carbocycles. The molecular formula is C13H22N2OS. The zero-order chi connectivity index (χ0) is 12.3. The van der Waals surface area contributed by atoms with Crippen LogP contribution in [-0.2, 0) is 11.2 Å². The van der Waals surface area contributed by atoms with Gasteiger partial charge in [0.1, 0.15) is 0 Å². The molecule has 0 spiro atoms. The lowest BCUT2D eigenvalue weighted by atomic mass is 9.94. The Labute approximate surface area is 108 Å². The van der Waals surface area contributed by atoms with Crippen LogP contribution < -0.4 is 5.73 Å². The summed E-state index contributed by atoms with van der Waals surface area (Å²) in [7, 11) is 2.18. The fourth-order valence-corrected chi connectivity index (χ4v) is 3.33. The maximum absolute atomic E-state index is 5.96. The van der Waals surface area contributed by atoms with E-state index in [0.717, 1.165) is 26.1 Å². The van der Waals surface area contributed by atoms with Crippen molar-refractivity contribution < 1.29 is 4.74 Å². The van der Waals surface area contributed by atoms with Crippen molar-refractivity contribution >= 4 is 11.3 Å². The summed E-state index contributed by atoms with van der Waals surface area (Å²) in [5.74, 6) is 0. The van der Waals surface area contributed by atoms with Gasteiger partial charge < -0.3 is 10.5 Å². The molecular weight excluding hydrogens is 232 g/mol. The van der Waals surface area contributed by atoms with Crippen LogP contribution in [0.5, 0.6) is 0 Å². The van der Waals surface area contributed by atoms with Crippen LogP contribution in [0.25, 0.3) is 0 Å². The Bertz CT molecular complexity index is 333. The van der Waals surface area contributed by atoms with Crippen LogP contribution >= 0.6 is 11.3 Å². The summed E-state index contributed by atoms with van der Waals surface area (Å²) < 4.78 is 5.54. The average Bonchev–Trinajstić information content (AvgIpc) is 2.99. The second-order valence-electron chi connectivity index (χ2n) is 4.97. The zero-order valence-electron chi connectivity index (χ0n) is 10.7. The number of nitrogens with two attached hydrogens (primary N) is 1. The van der Waals surface area contributed by atoms with Gasteiger partial charge in [0.2, 0.25) is 0 Å². The summed E-state index contributed by atoms with van der Waals surface area (Å²) in [5.41, 5.74) is 6.01. The number of thiophene rings is 1. The number of nitrogens with zero attached hydrogens (tertiary/aromatic N) is 1. The van der Waals surface area contributed by atoms with Gasteiger partial charge in [-0.1, -0.05) is 6.07 Å². The lowest BCUT2D eigenvalue weighted by Gasteiger charge is -2.40. The van der Waals surface area contributed by atoms with Gasteiger partial charge in [-0.15, -0.1) is 11.3 Å². The highest BCUT2D eigenvalue weighted by molar-refractivity contribution is 7.09. The van der Waals surface area contributed by atoms with E-state index in [2.05, 4.69) is 36.4 Å². The predicted molar refractivity (Wildman–Crippen MR) is 72.5 cm³/mol. The van der Waals surface area contributed by atoms with E-state index in [4.69, 9.17) is 10.5 Å². The molecule has 1 saturated heterocycles. The molecule has 17 heavy (non-hydrogen) atoms. The largest absolute Gasteiger partial charge is 0.379 e. The van der Waals surface area contributed by atoms with Gasteiger partial charge in [-0.2, -0.15) is 0 Å². The van der Waals surface area contributed by atoms with Crippen molar-refractivity contribution in [1.29, 1.82) is 0 Å². The highest BCUT2D eigenvalue weighted by Gasteiger charge is 2.39. The molecule has 0 amide bonds. The van der Waals surface area contributed by atoms with Gasteiger partial charge in [-0.05, 0) is 38.3 Å². The molecule has 3 nitrogen and oxygen atoms in total. The minimum Gasteiger partial charge on any atom is -0.379 e. The minimum atomic E-state index is 0.0523. The second kappa shape index (κ2) is 5.48. The van der Waals surface area contributed by atoms with E-state index >= 15 is 0 Å². The fraction of sp³-hybridized carbons (Fsp3) is 0.692. The van der Waals surface area contributed by atoms with Gasteiger partial charge in [0.25, 0.3) is 0 Å². The number of rotatable bonds is 5. The monoisotopic (exact) mass is 254 g/mol. The van der Waals surface area contributed by atoms with Crippen LogP contribution in [0.3, 0.4) is 0 Å². The molecule has 1 fully saturated rings. The third kappa shape index (κ3) is 2.71. The molecule has 0 radical (unpaired) electrons. The van der Waals surface area contributed by atoms with E-state index < -0.39 is 0 Å². The molecule has 0 aromatic carbocycles. The highest BCUT2D eigenvalue weighted by Crippen LogP contribution is 2.27. The Hall–Kier alpha value is -0.420. The van der Waals surface area contributed by atoms with Crippen LogP contribution in [0.4, 0.5) is 0 Å². The lowest BCUT2D eigenvalue weighted by Crippen LogP contribution is -2.56. The third-order valence-corrected chi connectivity index (χ3v) is 4.85. The maximum Gasteiger partial charge on any atom is 0.0663 e. The molecule has 4 heteroatoms. The molecule has 2 unspecified atom stereocenters. The number of ether oxygens (including phenoxy) is 1. The first-order chi connectivity index (χ1) is 8.18. The number of hydrogen-bond acceptors (Lipinski definition) is 4. The summed E-state index contributed by atoms with van der Waals surface area (Å²) in [6, 6.07) is 4.82. The Morgan fingerprint density at radius 3 is 3.00 bits per heavy atom. The van der Waals surface area contributed by atoms with Crippen LogP contribution in [-0.4, -0.2) is 43.3 Å². The van der Waals surface area contributed by atoms with E-state index in [0.29, 0.717) is 12.6 Å². The van der Waals surface area contributed by atoms with Crippen LogP contribution in [0.15, 0.2) is 17.5 Å². The van der Waals surface area contributed by atoms with Gasteiger partial charge in [0, 0.05) is 24.1 Å². The zero-order valence-corrected chi connectivity index (χ0v) is 11.5. The summed E-state index contributed by atoms with van der Waals surface area (Å²) in [6.45, 7) is 4.57. The van der Waals surface area contributed by atoms with Crippen LogP contribution in [0, 0.1) is 0 Å². The Morgan fingerprint density at radius 1 is 1.65 bits per heavy atom. The molecule has 2 N–H and O–H groups in total. The first-order valence-corrected chi connectivity index (χ1v) is 7.09. The van der Waals surface area contributed by atoms with Crippen molar-refractivity contribution in [2.75, 3.05) is 26.8 Å². The van der Waals surface area contributed by atoms with Crippen molar-refractivity contribution in [1.82, 2.24) is 4.90 Å². The van der Waals surface area contributed by atoms with Crippen molar-refractivity contribution in [2.24, 2.45) is 5.73 Å².